The molecule has 1 aliphatic rings. The Kier molecular flexibility index (Phi) is 5.50. The second-order valence-electron chi connectivity index (χ2n) is 7.03. The van der Waals surface area contributed by atoms with Crippen LogP contribution in [0.3, 0.4) is 0 Å². The van der Waals surface area contributed by atoms with E-state index in [2.05, 4.69) is 46.9 Å². The highest BCUT2D eigenvalue weighted by atomic mass is 15.0. The molecule has 4 unspecified atom stereocenters. The summed E-state index contributed by atoms with van der Waals surface area (Å²) in [6.45, 7) is 15.6. The SMILES string of the molecule is CCC1CC(C)(C)NCC(C)CC(C)C1CC. The van der Waals surface area contributed by atoms with Crippen LogP contribution in [-0.2, 0) is 0 Å². The van der Waals surface area contributed by atoms with Crippen molar-refractivity contribution < 1.29 is 0 Å². The van der Waals surface area contributed by atoms with Gasteiger partial charge < -0.3 is 5.32 Å². The summed E-state index contributed by atoms with van der Waals surface area (Å²) in [5, 5.41) is 3.78. The zero-order valence-electron chi connectivity index (χ0n) is 12.8. The number of nitrogens with one attached hydrogen (secondary N) is 1. The molecule has 1 nitrogen and oxygen atoms in total. The third-order valence-electron chi connectivity index (χ3n) is 4.81. The topological polar surface area (TPSA) is 12.0 Å². The summed E-state index contributed by atoms with van der Waals surface area (Å²) in [6.07, 6.45) is 5.40. The molecule has 17 heavy (non-hydrogen) atoms. The predicted molar refractivity (Wildman–Crippen MR) is 77.2 cm³/mol. The molecule has 0 aromatic heterocycles. The van der Waals surface area contributed by atoms with Gasteiger partial charge in [0.25, 0.3) is 0 Å². The molecule has 4 atom stereocenters. The van der Waals surface area contributed by atoms with Gasteiger partial charge in [0.2, 0.25) is 0 Å². The first-order chi connectivity index (χ1) is 7.89. The van der Waals surface area contributed by atoms with Crippen LogP contribution in [0.2, 0.25) is 0 Å². The maximum Gasteiger partial charge on any atom is 0.0128 e. The summed E-state index contributed by atoms with van der Waals surface area (Å²) in [6, 6.07) is 0. The van der Waals surface area contributed by atoms with Crippen LogP contribution in [0.5, 0.6) is 0 Å². The lowest BCUT2D eigenvalue weighted by Crippen LogP contribution is -2.43. The van der Waals surface area contributed by atoms with Crippen molar-refractivity contribution >= 4 is 0 Å². The van der Waals surface area contributed by atoms with Gasteiger partial charge in [0.15, 0.2) is 0 Å². The fourth-order valence-electron chi connectivity index (χ4n) is 3.87. The van der Waals surface area contributed by atoms with Crippen LogP contribution >= 0.6 is 0 Å². The molecule has 1 fully saturated rings. The molecule has 0 amide bonds. The van der Waals surface area contributed by atoms with E-state index in [1.807, 2.05) is 0 Å². The Morgan fingerprint density at radius 2 is 1.76 bits per heavy atom. The van der Waals surface area contributed by atoms with Gasteiger partial charge in [0.05, 0.1) is 0 Å². The van der Waals surface area contributed by atoms with Gasteiger partial charge in [-0.25, -0.2) is 0 Å². The summed E-state index contributed by atoms with van der Waals surface area (Å²) >= 11 is 0. The van der Waals surface area contributed by atoms with Gasteiger partial charge in [-0.15, -0.1) is 0 Å². The molecule has 0 radical (unpaired) electrons. The van der Waals surface area contributed by atoms with Crippen molar-refractivity contribution in [1.29, 1.82) is 0 Å². The van der Waals surface area contributed by atoms with Gasteiger partial charge in [-0.3, -0.25) is 0 Å². The molecule has 1 N–H and O–H groups in total. The van der Waals surface area contributed by atoms with Crippen LogP contribution in [-0.4, -0.2) is 12.1 Å². The molecule has 0 aromatic rings. The smallest absolute Gasteiger partial charge is 0.0128 e. The van der Waals surface area contributed by atoms with Gasteiger partial charge in [-0.1, -0.05) is 40.5 Å². The Balaban J connectivity index is 2.86. The van der Waals surface area contributed by atoms with Crippen LogP contribution in [0.4, 0.5) is 0 Å². The highest BCUT2D eigenvalue weighted by Gasteiger charge is 2.32. The minimum Gasteiger partial charge on any atom is -0.312 e. The van der Waals surface area contributed by atoms with Crippen molar-refractivity contribution in [3.8, 4) is 0 Å². The molecule has 1 heteroatoms. The Morgan fingerprint density at radius 1 is 1.12 bits per heavy atom. The van der Waals surface area contributed by atoms with Gasteiger partial charge in [-0.2, -0.15) is 0 Å². The molecule has 0 aromatic carbocycles. The summed E-state index contributed by atoms with van der Waals surface area (Å²) < 4.78 is 0. The zero-order valence-corrected chi connectivity index (χ0v) is 12.8. The van der Waals surface area contributed by atoms with E-state index in [1.165, 1.54) is 32.2 Å². The van der Waals surface area contributed by atoms with E-state index in [-0.39, 0.29) is 0 Å². The van der Waals surface area contributed by atoms with Crippen LogP contribution in [0.1, 0.15) is 67.2 Å². The molecule has 0 aliphatic carbocycles. The second kappa shape index (κ2) is 6.22. The van der Waals surface area contributed by atoms with Crippen molar-refractivity contribution in [2.45, 2.75) is 72.8 Å². The van der Waals surface area contributed by atoms with Gasteiger partial charge in [-0.05, 0) is 56.9 Å². The van der Waals surface area contributed by atoms with Gasteiger partial charge in [0.1, 0.15) is 0 Å². The first kappa shape index (κ1) is 15.0. The Hall–Kier alpha value is -0.0400. The summed E-state index contributed by atoms with van der Waals surface area (Å²) in [5.74, 6) is 3.51. The molecule has 0 saturated carbocycles. The fraction of sp³-hybridized carbons (Fsp3) is 1.00. The van der Waals surface area contributed by atoms with Crippen molar-refractivity contribution in [2.24, 2.45) is 23.7 Å². The lowest BCUT2D eigenvalue weighted by Gasteiger charge is -2.35. The maximum atomic E-state index is 3.78. The number of hydrogen-bond donors (Lipinski definition) is 1. The summed E-state index contributed by atoms with van der Waals surface area (Å²) in [5.41, 5.74) is 0.312. The van der Waals surface area contributed by atoms with Gasteiger partial charge >= 0.3 is 0 Å². The van der Waals surface area contributed by atoms with E-state index >= 15 is 0 Å². The predicted octanol–water partition coefficient (Wildman–Crippen LogP) is 4.47. The van der Waals surface area contributed by atoms with Crippen LogP contribution in [0.15, 0.2) is 0 Å². The van der Waals surface area contributed by atoms with Crippen molar-refractivity contribution in [3.63, 3.8) is 0 Å². The maximum absolute atomic E-state index is 3.78. The highest BCUT2D eigenvalue weighted by molar-refractivity contribution is 4.87. The van der Waals surface area contributed by atoms with Crippen LogP contribution in [0.25, 0.3) is 0 Å². The second-order valence-corrected chi connectivity index (χ2v) is 7.03. The molecule has 1 aliphatic heterocycles. The zero-order chi connectivity index (χ0) is 13.1. The van der Waals surface area contributed by atoms with E-state index in [0.717, 1.165) is 23.7 Å². The van der Waals surface area contributed by atoms with Crippen molar-refractivity contribution in [1.82, 2.24) is 5.32 Å². The molecular weight excluding hydrogens is 206 g/mol. The first-order valence-electron chi connectivity index (χ1n) is 7.64. The molecule has 1 heterocycles. The third kappa shape index (κ3) is 4.28. The third-order valence-corrected chi connectivity index (χ3v) is 4.81. The van der Waals surface area contributed by atoms with E-state index in [9.17, 15) is 0 Å². The normalized spacial score (nSPS) is 39.2. The standard InChI is InChI=1S/C16H33N/c1-7-14-10-16(5,6)17-11-12(3)9-13(4)15(14)8-2/h12-15,17H,7-11H2,1-6H3. The minimum absolute atomic E-state index is 0.312. The number of rotatable bonds is 2. The van der Waals surface area contributed by atoms with E-state index in [4.69, 9.17) is 0 Å². The van der Waals surface area contributed by atoms with Crippen molar-refractivity contribution in [2.75, 3.05) is 6.54 Å². The molecule has 0 bridgehead atoms. The van der Waals surface area contributed by atoms with Crippen molar-refractivity contribution in [3.05, 3.63) is 0 Å². The lowest BCUT2D eigenvalue weighted by atomic mass is 9.73. The Bertz CT molecular complexity index is 222. The lowest BCUT2D eigenvalue weighted by molar-refractivity contribution is 0.176. The van der Waals surface area contributed by atoms with Crippen LogP contribution in [0, 0.1) is 23.7 Å². The first-order valence-corrected chi connectivity index (χ1v) is 7.64. The van der Waals surface area contributed by atoms with Gasteiger partial charge in [0, 0.05) is 5.54 Å². The Labute approximate surface area is 109 Å². The largest absolute Gasteiger partial charge is 0.312 e. The molecular formula is C16H33N. The Morgan fingerprint density at radius 3 is 2.29 bits per heavy atom. The summed E-state index contributed by atoms with van der Waals surface area (Å²) in [4.78, 5) is 0. The number of hydrogen-bond acceptors (Lipinski definition) is 1. The highest BCUT2D eigenvalue weighted by Crippen LogP contribution is 2.37. The monoisotopic (exact) mass is 239 g/mol. The van der Waals surface area contributed by atoms with Crippen LogP contribution < -0.4 is 5.32 Å². The molecule has 0 spiro atoms. The molecule has 102 valence electrons. The molecule has 1 saturated heterocycles. The quantitative estimate of drug-likeness (QED) is 0.749. The summed E-state index contributed by atoms with van der Waals surface area (Å²) in [7, 11) is 0. The van der Waals surface area contributed by atoms with E-state index in [0.29, 0.717) is 5.54 Å². The average molecular weight is 239 g/mol. The molecule has 1 rings (SSSR count). The fourth-order valence-corrected chi connectivity index (χ4v) is 3.87. The average Bonchev–Trinajstić information content (AvgIpc) is 2.28. The van der Waals surface area contributed by atoms with E-state index in [1.54, 1.807) is 0 Å². The van der Waals surface area contributed by atoms with E-state index < -0.39 is 0 Å². The minimum atomic E-state index is 0.312.